The molecule has 4 heteroatoms. The number of halogens is 2. The third kappa shape index (κ3) is 2.23. The quantitative estimate of drug-likeness (QED) is 0.824. The molecule has 1 aliphatic rings. The number of nitrogens with one attached hydrogen (secondary N) is 1. The van der Waals surface area contributed by atoms with Crippen molar-refractivity contribution in [2.45, 2.75) is 24.8 Å². The Hall–Kier alpha value is -1.00. The Balaban J connectivity index is 2.25. The zero-order chi connectivity index (χ0) is 11.5. The third-order valence-electron chi connectivity index (χ3n) is 3.18. The molecule has 16 heavy (non-hydrogen) atoms. The molecule has 1 fully saturated rings. The van der Waals surface area contributed by atoms with E-state index in [1.54, 1.807) is 0 Å². The Bertz CT molecular complexity index is 368. The zero-order valence-corrected chi connectivity index (χ0v) is 9.05. The fourth-order valence-electron chi connectivity index (χ4n) is 2.42. The Labute approximate surface area is 93.8 Å². The lowest BCUT2D eigenvalue weighted by molar-refractivity contribution is 0.489. The molecule has 0 spiro atoms. The van der Waals surface area contributed by atoms with E-state index in [0.717, 1.165) is 25.5 Å². The first kappa shape index (κ1) is 11.5. The summed E-state index contributed by atoms with van der Waals surface area (Å²) in [5.74, 6) is -0.661. The lowest BCUT2D eigenvalue weighted by Crippen LogP contribution is -2.29. The first-order chi connectivity index (χ1) is 7.72. The minimum atomic E-state index is -0.380. The van der Waals surface area contributed by atoms with Gasteiger partial charge in [0.2, 0.25) is 0 Å². The van der Waals surface area contributed by atoms with Crippen LogP contribution in [0.25, 0.3) is 0 Å². The van der Waals surface area contributed by atoms with E-state index in [1.165, 1.54) is 12.1 Å². The van der Waals surface area contributed by atoms with E-state index < -0.39 is 0 Å². The number of hydrogen-bond acceptors (Lipinski definition) is 2. The maximum absolute atomic E-state index is 13.6. The molecule has 0 amide bonds. The molecule has 1 aromatic rings. The summed E-state index contributed by atoms with van der Waals surface area (Å²) in [5.41, 5.74) is 5.98. The SMILES string of the molecule is NCCC1NCCC1c1cc(F)ccc1F. The summed E-state index contributed by atoms with van der Waals surface area (Å²) >= 11 is 0. The van der Waals surface area contributed by atoms with Gasteiger partial charge in [0, 0.05) is 12.0 Å². The summed E-state index contributed by atoms with van der Waals surface area (Å²) in [4.78, 5) is 0. The van der Waals surface area contributed by atoms with E-state index in [-0.39, 0.29) is 23.6 Å². The van der Waals surface area contributed by atoms with Crippen LogP contribution in [0.2, 0.25) is 0 Å². The molecule has 0 saturated carbocycles. The summed E-state index contributed by atoms with van der Waals surface area (Å²) in [6.07, 6.45) is 1.63. The van der Waals surface area contributed by atoms with Gasteiger partial charge in [0.15, 0.2) is 0 Å². The van der Waals surface area contributed by atoms with E-state index in [0.29, 0.717) is 12.1 Å². The molecule has 1 heterocycles. The number of benzene rings is 1. The van der Waals surface area contributed by atoms with E-state index in [1.807, 2.05) is 0 Å². The topological polar surface area (TPSA) is 38.0 Å². The highest BCUT2D eigenvalue weighted by molar-refractivity contribution is 5.25. The van der Waals surface area contributed by atoms with Crippen LogP contribution >= 0.6 is 0 Å². The molecule has 0 aliphatic carbocycles. The fraction of sp³-hybridized carbons (Fsp3) is 0.500. The number of nitrogens with two attached hydrogens (primary N) is 1. The zero-order valence-electron chi connectivity index (χ0n) is 9.05. The minimum absolute atomic E-state index is 0.0410. The van der Waals surface area contributed by atoms with Gasteiger partial charge in [-0.25, -0.2) is 8.78 Å². The van der Waals surface area contributed by atoms with E-state index in [2.05, 4.69) is 5.32 Å². The van der Waals surface area contributed by atoms with Gasteiger partial charge in [-0.15, -0.1) is 0 Å². The Morgan fingerprint density at radius 1 is 1.38 bits per heavy atom. The van der Waals surface area contributed by atoms with Crippen LogP contribution in [0, 0.1) is 11.6 Å². The van der Waals surface area contributed by atoms with Crippen molar-refractivity contribution >= 4 is 0 Å². The van der Waals surface area contributed by atoms with Crippen LogP contribution in [0.3, 0.4) is 0 Å². The highest BCUT2D eigenvalue weighted by atomic mass is 19.1. The first-order valence-electron chi connectivity index (χ1n) is 5.60. The molecule has 0 aromatic heterocycles. The molecule has 2 rings (SSSR count). The van der Waals surface area contributed by atoms with Crippen LogP contribution in [-0.4, -0.2) is 19.1 Å². The second-order valence-corrected chi connectivity index (χ2v) is 4.20. The van der Waals surface area contributed by atoms with E-state index >= 15 is 0 Å². The lowest BCUT2D eigenvalue weighted by atomic mass is 9.90. The van der Waals surface area contributed by atoms with Gasteiger partial charge in [-0.2, -0.15) is 0 Å². The van der Waals surface area contributed by atoms with Crippen molar-refractivity contribution in [1.82, 2.24) is 5.32 Å². The van der Waals surface area contributed by atoms with Crippen molar-refractivity contribution in [2.75, 3.05) is 13.1 Å². The normalized spacial score (nSPS) is 24.9. The van der Waals surface area contributed by atoms with Gasteiger partial charge in [0.05, 0.1) is 0 Å². The van der Waals surface area contributed by atoms with Gasteiger partial charge in [0.25, 0.3) is 0 Å². The largest absolute Gasteiger partial charge is 0.330 e. The fourth-order valence-corrected chi connectivity index (χ4v) is 2.42. The Morgan fingerprint density at radius 2 is 2.19 bits per heavy atom. The van der Waals surface area contributed by atoms with Crippen molar-refractivity contribution in [3.63, 3.8) is 0 Å². The summed E-state index contributed by atoms with van der Waals surface area (Å²) in [5, 5.41) is 3.28. The molecule has 88 valence electrons. The molecule has 0 bridgehead atoms. The molecular weight excluding hydrogens is 210 g/mol. The van der Waals surface area contributed by atoms with Gasteiger partial charge in [0.1, 0.15) is 11.6 Å². The highest BCUT2D eigenvalue weighted by Gasteiger charge is 2.29. The minimum Gasteiger partial charge on any atom is -0.330 e. The highest BCUT2D eigenvalue weighted by Crippen LogP contribution is 2.31. The predicted octanol–water partition coefficient (Wildman–Crippen LogP) is 1.76. The molecular formula is C12H16F2N2. The standard InChI is InChI=1S/C12H16F2N2/c13-8-1-2-11(14)10(7-8)9-4-6-16-12(9)3-5-15/h1-2,7,9,12,16H,3-6,15H2. The van der Waals surface area contributed by atoms with Crippen LogP contribution in [0.1, 0.15) is 24.3 Å². The number of hydrogen-bond donors (Lipinski definition) is 2. The summed E-state index contributed by atoms with van der Waals surface area (Å²) in [6.45, 7) is 1.40. The molecule has 2 nitrogen and oxygen atoms in total. The van der Waals surface area contributed by atoms with Crippen molar-refractivity contribution in [1.29, 1.82) is 0 Å². The van der Waals surface area contributed by atoms with Crippen molar-refractivity contribution < 1.29 is 8.78 Å². The Morgan fingerprint density at radius 3 is 2.94 bits per heavy atom. The summed E-state index contributed by atoms with van der Waals surface area (Å²) in [6, 6.07) is 3.82. The van der Waals surface area contributed by atoms with Gasteiger partial charge >= 0.3 is 0 Å². The second kappa shape index (κ2) is 4.89. The van der Waals surface area contributed by atoms with Gasteiger partial charge in [-0.3, -0.25) is 0 Å². The summed E-state index contributed by atoms with van der Waals surface area (Å²) < 4.78 is 26.7. The predicted molar refractivity (Wildman–Crippen MR) is 59.2 cm³/mol. The first-order valence-corrected chi connectivity index (χ1v) is 5.60. The lowest BCUT2D eigenvalue weighted by Gasteiger charge is -2.19. The van der Waals surface area contributed by atoms with Crippen LogP contribution < -0.4 is 11.1 Å². The van der Waals surface area contributed by atoms with Crippen LogP contribution in [0.15, 0.2) is 18.2 Å². The second-order valence-electron chi connectivity index (χ2n) is 4.20. The maximum Gasteiger partial charge on any atom is 0.126 e. The maximum atomic E-state index is 13.6. The molecule has 0 radical (unpaired) electrons. The molecule has 1 saturated heterocycles. The monoisotopic (exact) mass is 226 g/mol. The molecule has 2 atom stereocenters. The van der Waals surface area contributed by atoms with Gasteiger partial charge in [-0.05, 0) is 49.7 Å². The third-order valence-corrected chi connectivity index (χ3v) is 3.18. The van der Waals surface area contributed by atoms with Crippen LogP contribution in [-0.2, 0) is 0 Å². The molecule has 3 N–H and O–H groups in total. The molecule has 1 aromatic carbocycles. The molecule has 1 aliphatic heterocycles. The smallest absolute Gasteiger partial charge is 0.126 e. The Kier molecular flexibility index (Phi) is 3.51. The van der Waals surface area contributed by atoms with Gasteiger partial charge in [-0.1, -0.05) is 0 Å². The summed E-state index contributed by atoms with van der Waals surface area (Å²) in [7, 11) is 0. The van der Waals surface area contributed by atoms with E-state index in [9.17, 15) is 8.78 Å². The van der Waals surface area contributed by atoms with E-state index in [4.69, 9.17) is 5.73 Å². The average molecular weight is 226 g/mol. The van der Waals surface area contributed by atoms with Crippen molar-refractivity contribution in [3.8, 4) is 0 Å². The van der Waals surface area contributed by atoms with Crippen LogP contribution in [0.4, 0.5) is 8.78 Å². The van der Waals surface area contributed by atoms with Crippen molar-refractivity contribution in [3.05, 3.63) is 35.4 Å². The van der Waals surface area contributed by atoms with Crippen LogP contribution in [0.5, 0.6) is 0 Å². The average Bonchev–Trinajstić information content (AvgIpc) is 2.70. The molecule has 2 unspecified atom stereocenters. The number of rotatable bonds is 3. The van der Waals surface area contributed by atoms with Crippen molar-refractivity contribution in [2.24, 2.45) is 5.73 Å². The van der Waals surface area contributed by atoms with Gasteiger partial charge < -0.3 is 11.1 Å².